The standard InChI is InChI=1S/C16H17ClN2O2/c1-9-6-10(2)11(3)15(7-9)21-14-5-4-12(17)8-13(14)16(18)19-20/h4-8,20H,1-3H3,(H2,18,19). The monoisotopic (exact) mass is 304 g/mol. The molecule has 2 rings (SSSR count). The highest BCUT2D eigenvalue weighted by Crippen LogP contribution is 2.31. The SMILES string of the molecule is Cc1cc(C)c(C)c(Oc2ccc(Cl)cc2C(N)=NO)c1. The van der Waals surface area contributed by atoms with E-state index in [2.05, 4.69) is 11.2 Å². The first kappa shape index (κ1) is 15.2. The minimum absolute atomic E-state index is 0.0467. The van der Waals surface area contributed by atoms with E-state index in [1.54, 1.807) is 18.2 Å². The molecule has 5 heteroatoms. The van der Waals surface area contributed by atoms with Crippen molar-refractivity contribution in [3.63, 3.8) is 0 Å². The lowest BCUT2D eigenvalue weighted by Crippen LogP contribution is -2.14. The van der Waals surface area contributed by atoms with Gasteiger partial charge in [0, 0.05) is 5.02 Å². The van der Waals surface area contributed by atoms with Crippen LogP contribution in [0.1, 0.15) is 22.3 Å². The molecule has 2 aromatic carbocycles. The smallest absolute Gasteiger partial charge is 0.173 e. The molecule has 0 aliphatic carbocycles. The van der Waals surface area contributed by atoms with Crippen molar-refractivity contribution in [2.24, 2.45) is 10.9 Å². The molecule has 0 saturated carbocycles. The number of oxime groups is 1. The van der Waals surface area contributed by atoms with E-state index in [9.17, 15) is 0 Å². The van der Waals surface area contributed by atoms with Crippen molar-refractivity contribution in [2.75, 3.05) is 0 Å². The summed E-state index contributed by atoms with van der Waals surface area (Å²) in [6.07, 6.45) is 0. The van der Waals surface area contributed by atoms with Gasteiger partial charge in [0.1, 0.15) is 11.5 Å². The Hall–Kier alpha value is -2.20. The van der Waals surface area contributed by atoms with E-state index in [1.165, 1.54) is 0 Å². The molecule has 0 atom stereocenters. The maximum Gasteiger partial charge on any atom is 0.173 e. The number of benzene rings is 2. The van der Waals surface area contributed by atoms with Crippen LogP contribution in [-0.4, -0.2) is 11.0 Å². The molecule has 21 heavy (non-hydrogen) atoms. The highest BCUT2D eigenvalue weighted by Gasteiger charge is 2.12. The van der Waals surface area contributed by atoms with E-state index in [0.29, 0.717) is 16.3 Å². The maximum atomic E-state index is 8.88. The fourth-order valence-corrected chi connectivity index (χ4v) is 2.24. The number of amidine groups is 1. The Morgan fingerprint density at radius 1 is 1.14 bits per heavy atom. The molecule has 0 bridgehead atoms. The molecule has 0 amide bonds. The van der Waals surface area contributed by atoms with Gasteiger partial charge in [-0.05, 0) is 61.7 Å². The van der Waals surface area contributed by atoms with Crippen molar-refractivity contribution in [3.05, 3.63) is 57.6 Å². The van der Waals surface area contributed by atoms with Crippen molar-refractivity contribution in [3.8, 4) is 11.5 Å². The molecule has 0 aromatic heterocycles. The zero-order valence-corrected chi connectivity index (χ0v) is 12.9. The molecule has 2 aromatic rings. The lowest BCUT2D eigenvalue weighted by molar-refractivity contribution is 0.318. The van der Waals surface area contributed by atoms with E-state index < -0.39 is 0 Å². The van der Waals surface area contributed by atoms with Crippen molar-refractivity contribution < 1.29 is 9.94 Å². The molecule has 0 heterocycles. The quantitative estimate of drug-likeness (QED) is 0.387. The van der Waals surface area contributed by atoms with Crippen LogP contribution >= 0.6 is 11.6 Å². The van der Waals surface area contributed by atoms with Gasteiger partial charge >= 0.3 is 0 Å². The van der Waals surface area contributed by atoms with Crippen LogP contribution in [0.25, 0.3) is 0 Å². The van der Waals surface area contributed by atoms with E-state index >= 15 is 0 Å². The topological polar surface area (TPSA) is 67.8 Å². The average molecular weight is 305 g/mol. The Labute approximate surface area is 128 Å². The Morgan fingerprint density at radius 2 is 1.86 bits per heavy atom. The molecule has 0 unspecified atom stereocenters. The van der Waals surface area contributed by atoms with Gasteiger partial charge in [-0.1, -0.05) is 22.8 Å². The van der Waals surface area contributed by atoms with Crippen LogP contribution in [0.15, 0.2) is 35.5 Å². The minimum Gasteiger partial charge on any atom is -0.456 e. The number of hydrogen-bond acceptors (Lipinski definition) is 3. The normalized spacial score (nSPS) is 11.5. The predicted molar refractivity (Wildman–Crippen MR) is 84.7 cm³/mol. The summed E-state index contributed by atoms with van der Waals surface area (Å²) in [5, 5.41) is 12.4. The number of nitrogens with zero attached hydrogens (tertiary/aromatic N) is 1. The van der Waals surface area contributed by atoms with Crippen molar-refractivity contribution >= 4 is 17.4 Å². The van der Waals surface area contributed by atoms with Crippen LogP contribution in [0.3, 0.4) is 0 Å². The van der Waals surface area contributed by atoms with Gasteiger partial charge in [-0.15, -0.1) is 0 Å². The van der Waals surface area contributed by atoms with E-state index in [-0.39, 0.29) is 5.84 Å². The molecule has 0 aliphatic heterocycles. The molecule has 110 valence electrons. The van der Waals surface area contributed by atoms with Gasteiger partial charge in [0.25, 0.3) is 0 Å². The third kappa shape index (κ3) is 3.28. The van der Waals surface area contributed by atoms with Crippen LogP contribution in [0, 0.1) is 20.8 Å². The highest BCUT2D eigenvalue weighted by molar-refractivity contribution is 6.31. The van der Waals surface area contributed by atoms with Crippen molar-refractivity contribution in [1.82, 2.24) is 0 Å². The molecule has 0 saturated heterocycles. The Morgan fingerprint density at radius 3 is 2.52 bits per heavy atom. The number of nitrogens with two attached hydrogens (primary N) is 1. The summed E-state index contributed by atoms with van der Waals surface area (Å²) >= 11 is 5.95. The summed E-state index contributed by atoms with van der Waals surface area (Å²) in [7, 11) is 0. The van der Waals surface area contributed by atoms with Gasteiger partial charge in [-0.2, -0.15) is 0 Å². The molecule has 0 fully saturated rings. The average Bonchev–Trinajstić information content (AvgIpc) is 2.45. The molecule has 0 spiro atoms. The van der Waals surface area contributed by atoms with Gasteiger partial charge in [0.2, 0.25) is 0 Å². The second kappa shape index (κ2) is 6.06. The van der Waals surface area contributed by atoms with Crippen molar-refractivity contribution in [2.45, 2.75) is 20.8 Å². The van der Waals surface area contributed by atoms with Gasteiger partial charge in [-0.3, -0.25) is 0 Å². The highest BCUT2D eigenvalue weighted by atomic mass is 35.5. The molecular formula is C16H17ClN2O2. The molecule has 0 aliphatic rings. The molecule has 3 N–H and O–H groups in total. The lowest BCUT2D eigenvalue weighted by atomic mass is 10.1. The fraction of sp³-hybridized carbons (Fsp3) is 0.188. The summed E-state index contributed by atoms with van der Waals surface area (Å²) in [6, 6.07) is 9.04. The second-order valence-electron chi connectivity index (χ2n) is 4.93. The first-order valence-electron chi connectivity index (χ1n) is 6.45. The van der Waals surface area contributed by atoms with Crippen LogP contribution in [0.2, 0.25) is 5.02 Å². The predicted octanol–water partition coefficient (Wildman–Crippen LogP) is 4.15. The first-order chi connectivity index (χ1) is 9.92. The molecule has 4 nitrogen and oxygen atoms in total. The van der Waals surface area contributed by atoms with Gasteiger partial charge in [0.15, 0.2) is 5.84 Å². The lowest BCUT2D eigenvalue weighted by Gasteiger charge is -2.14. The summed E-state index contributed by atoms with van der Waals surface area (Å²) < 4.78 is 5.95. The third-order valence-electron chi connectivity index (χ3n) is 3.31. The first-order valence-corrected chi connectivity index (χ1v) is 6.83. The van der Waals surface area contributed by atoms with Crippen LogP contribution in [0.5, 0.6) is 11.5 Å². The fourth-order valence-electron chi connectivity index (χ4n) is 2.07. The number of rotatable bonds is 3. The summed E-state index contributed by atoms with van der Waals surface area (Å²) in [5.74, 6) is 1.18. The van der Waals surface area contributed by atoms with E-state index in [0.717, 1.165) is 22.4 Å². The van der Waals surface area contributed by atoms with E-state index in [1.807, 2.05) is 26.8 Å². The van der Waals surface area contributed by atoms with Gasteiger partial charge in [0.05, 0.1) is 5.56 Å². The van der Waals surface area contributed by atoms with E-state index in [4.69, 9.17) is 27.3 Å². The second-order valence-corrected chi connectivity index (χ2v) is 5.37. The zero-order chi connectivity index (χ0) is 15.6. The van der Waals surface area contributed by atoms with Gasteiger partial charge in [-0.25, -0.2) is 0 Å². The van der Waals surface area contributed by atoms with Crippen LogP contribution in [-0.2, 0) is 0 Å². The number of halogens is 1. The number of ether oxygens (including phenoxy) is 1. The third-order valence-corrected chi connectivity index (χ3v) is 3.54. The summed E-state index contributed by atoms with van der Waals surface area (Å²) in [6.45, 7) is 6.02. The van der Waals surface area contributed by atoms with Crippen molar-refractivity contribution in [1.29, 1.82) is 0 Å². The van der Waals surface area contributed by atoms with Gasteiger partial charge < -0.3 is 15.7 Å². The largest absolute Gasteiger partial charge is 0.456 e. The van der Waals surface area contributed by atoms with Crippen LogP contribution < -0.4 is 10.5 Å². The summed E-state index contributed by atoms with van der Waals surface area (Å²) in [5.41, 5.74) is 9.41. The zero-order valence-electron chi connectivity index (χ0n) is 12.1. The molecule has 0 radical (unpaired) electrons. The Bertz CT molecular complexity index is 712. The summed E-state index contributed by atoms with van der Waals surface area (Å²) in [4.78, 5) is 0. The number of aryl methyl sites for hydroxylation is 2. The van der Waals surface area contributed by atoms with Crippen LogP contribution in [0.4, 0.5) is 0 Å². The Kier molecular flexibility index (Phi) is 4.38. The Balaban J connectivity index is 2.50. The number of hydrogen-bond donors (Lipinski definition) is 2. The maximum absolute atomic E-state index is 8.88. The molecular weight excluding hydrogens is 288 g/mol. The minimum atomic E-state index is -0.0467.